The van der Waals surface area contributed by atoms with Crippen LogP contribution >= 0.6 is 0 Å². The molecule has 22 heavy (non-hydrogen) atoms. The summed E-state index contributed by atoms with van der Waals surface area (Å²) in [6, 6.07) is 3.08. The first kappa shape index (κ1) is 17.1. The van der Waals surface area contributed by atoms with Crippen molar-refractivity contribution < 1.29 is 17.6 Å². The Morgan fingerprint density at radius 2 is 1.86 bits per heavy atom. The zero-order valence-corrected chi connectivity index (χ0v) is 14.1. The van der Waals surface area contributed by atoms with E-state index in [1.54, 1.807) is 6.07 Å². The van der Waals surface area contributed by atoms with Crippen LogP contribution in [0.2, 0.25) is 0 Å². The molecule has 0 unspecified atom stereocenters. The number of nitrogens with one attached hydrogen (secondary N) is 1. The first-order valence-corrected chi connectivity index (χ1v) is 9.98. The van der Waals surface area contributed by atoms with Crippen molar-refractivity contribution in [3.63, 3.8) is 0 Å². The third kappa shape index (κ3) is 5.16. The number of amides is 1. The molecule has 6 heteroatoms. The predicted octanol–water partition coefficient (Wildman–Crippen LogP) is 2.77. The third-order valence-corrected chi connectivity index (χ3v) is 5.19. The molecule has 2 rings (SSSR count). The molecular formula is C16H25NO4S. The van der Waals surface area contributed by atoms with Crippen molar-refractivity contribution in [1.82, 2.24) is 5.32 Å². The molecule has 1 heterocycles. The van der Waals surface area contributed by atoms with E-state index < -0.39 is 9.84 Å². The molecule has 1 aliphatic rings. The number of rotatable bonds is 6. The van der Waals surface area contributed by atoms with Crippen LogP contribution < -0.4 is 5.32 Å². The fourth-order valence-corrected chi connectivity index (χ4v) is 3.68. The Balaban J connectivity index is 1.80. The van der Waals surface area contributed by atoms with Crippen LogP contribution in [0.1, 0.15) is 55.3 Å². The quantitative estimate of drug-likeness (QED) is 0.871. The standard InChI is InChI=1S/C16H25NO4S/c1-3-12-4-6-13(7-5-12)10-17-16(18)15-9-8-14(21-15)11-22(2,19)20/h8-9,12-13H,3-7,10-11H2,1-2H3,(H,17,18). The Morgan fingerprint density at radius 1 is 1.23 bits per heavy atom. The minimum absolute atomic E-state index is 0.179. The maximum atomic E-state index is 12.0. The van der Waals surface area contributed by atoms with Gasteiger partial charge in [0.05, 0.1) is 0 Å². The van der Waals surface area contributed by atoms with Crippen molar-refractivity contribution in [3.8, 4) is 0 Å². The Kier molecular flexibility index (Phi) is 5.67. The van der Waals surface area contributed by atoms with Crippen molar-refractivity contribution in [2.45, 2.75) is 44.8 Å². The van der Waals surface area contributed by atoms with Gasteiger partial charge in [0.1, 0.15) is 11.5 Å². The predicted molar refractivity (Wildman–Crippen MR) is 85.3 cm³/mol. The van der Waals surface area contributed by atoms with Gasteiger partial charge in [0.2, 0.25) is 0 Å². The van der Waals surface area contributed by atoms with Gasteiger partial charge >= 0.3 is 0 Å². The Bertz CT molecular complexity index is 597. The molecule has 0 spiro atoms. The molecule has 0 saturated heterocycles. The summed E-state index contributed by atoms with van der Waals surface area (Å²) in [5, 5.41) is 2.90. The molecule has 5 nitrogen and oxygen atoms in total. The van der Waals surface area contributed by atoms with E-state index in [4.69, 9.17) is 4.42 Å². The molecule has 1 aliphatic carbocycles. The summed E-state index contributed by atoms with van der Waals surface area (Å²) in [6.45, 7) is 2.90. The van der Waals surface area contributed by atoms with Crippen LogP contribution in [0.15, 0.2) is 16.5 Å². The van der Waals surface area contributed by atoms with E-state index in [9.17, 15) is 13.2 Å². The number of furan rings is 1. The average molecular weight is 327 g/mol. The molecule has 0 atom stereocenters. The second-order valence-electron chi connectivity index (χ2n) is 6.34. The van der Waals surface area contributed by atoms with Crippen molar-refractivity contribution in [2.75, 3.05) is 12.8 Å². The Labute approximate surface area is 132 Å². The molecule has 1 aromatic rings. The van der Waals surface area contributed by atoms with Crippen LogP contribution in [0.4, 0.5) is 0 Å². The second kappa shape index (κ2) is 7.31. The van der Waals surface area contributed by atoms with Gasteiger partial charge in [-0.2, -0.15) is 0 Å². The molecule has 1 N–H and O–H groups in total. The van der Waals surface area contributed by atoms with Gasteiger partial charge in [0.25, 0.3) is 5.91 Å². The monoisotopic (exact) mass is 327 g/mol. The molecule has 0 aromatic carbocycles. The summed E-state index contributed by atoms with van der Waals surface area (Å²) < 4.78 is 27.7. The highest BCUT2D eigenvalue weighted by atomic mass is 32.2. The maximum absolute atomic E-state index is 12.0. The molecule has 1 saturated carbocycles. The maximum Gasteiger partial charge on any atom is 0.287 e. The van der Waals surface area contributed by atoms with Crippen molar-refractivity contribution in [3.05, 3.63) is 23.7 Å². The molecule has 1 amide bonds. The van der Waals surface area contributed by atoms with E-state index in [0.717, 1.165) is 25.0 Å². The highest BCUT2D eigenvalue weighted by Gasteiger charge is 2.21. The highest BCUT2D eigenvalue weighted by molar-refractivity contribution is 7.89. The lowest BCUT2D eigenvalue weighted by atomic mass is 9.81. The fourth-order valence-electron chi connectivity index (χ4n) is 3.00. The Morgan fingerprint density at radius 3 is 2.45 bits per heavy atom. The number of carbonyl (C=O) groups is 1. The molecule has 0 bridgehead atoms. The third-order valence-electron chi connectivity index (χ3n) is 4.38. The van der Waals surface area contributed by atoms with Crippen LogP contribution in [0.25, 0.3) is 0 Å². The van der Waals surface area contributed by atoms with Crippen LogP contribution in [-0.2, 0) is 15.6 Å². The van der Waals surface area contributed by atoms with E-state index in [1.807, 2.05) is 0 Å². The summed E-state index contributed by atoms with van der Waals surface area (Å²) in [7, 11) is -3.15. The molecule has 124 valence electrons. The van der Waals surface area contributed by atoms with Crippen LogP contribution in [0.3, 0.4) is 0 Å². The molecule has 0 radical (unpaired) electrons. The fraction of sp³-hybridized carbons (Fsp3) is 0.688. The van der Waals surface area contributed by atoms with Crippen LogP contribution in [-0.4, -0.2) is 27.1 Å². The van der Waals surface area contributed by atoms with Crippen molar-refractivity contribution in [1.29, 1.82) is 0 Å². The SMILES string of the molecule is CCC1CCC(CNC(=O)c2ccc(CS(C)(=O)=O)o2)CC1. The minimum atomic E-state index is -3.15. The Hall–Kier alpha value is -1.30. The van der Waals surface area contributed by atoms with E-state index in [-0.39, 0.29) is 17.4 Å². The van der Waals surface area contributed by atoms with Crippen LogP contribution in [0, 0.1) is 11.8 Å². The average Bonchev–Trinajstić information content (AvgIpc) is 2.91. The van der Waals surface area contributed by atoms with Crippen LogP contribution in [0.5, 0.6) is 0 Å². The summed E-state index contributed by atoms with van der Waals surface area (Å²) in [5.74, 6) is 1.42. The smallest absolute Gasteiger partial charge is 0.287 e. The molecule has 1 aromatic heterocycles. The molecular weight excluding hydrogens is 302 g/mol. The molecule has 0 aliphatic heterocycles. The summed E-state index contributed by atoms with van der Waals surface area (Å²) >= 11 is 0. The van der Waals surface area contributed by atoms with E-state index in [0.29, 0.717) is 18.2 Å². The van der Waals surface area contributed by atoms with Gasteiger partial charge < -0.3 is 9.73 Å². The largest absolute Gasteiger partial charge is 0.455 e. The second-order valence-corrected chi connectivity index (χ2v) is 8.48. The lowest BCUT2D eigenvalue weighted by molar-refractivity contribution is 0.0912. The topological polar surface area (TPSA) is 76.4 Å². The highest BCUT2D eigenvalue weighted by Crippen LogP contribution is 2.30. The van der Waals surface area contributed by atoms with Crippen molar-refractivity contribution in [2.24, 2.45) is 11.8 Å². The zero-order chi connectivity index (χ0) is 16.2. The lowest BCUT2D eigenvalue weighted by Crippen LogP contribution is -2.31. The van der Waals surface area contributed by atoms with Gasteiger partial charge in [-0.3, -0.25) is 4.79 Å². The van der Waals surface area contributed by atoms with Gasteiger partial charge in [-0.15, -0.1) is 0 Å². The summed E-state index contributed by atoms with van der Waals surface area (Å²) in [6.07, 6.45) is 7.20. The van der Waals surface area contributed by atoms with E-state index in [1.165, 1.54) is 25.3 Å². The normalized spacial score (nSPS) is 22.5. The number of sulfone groups is 1. The summed E-state index contributed by atoms with van der Waals surface area (Å²) in [4.78, 5) is 12.0. The van der Waals surface area contributed by atoms with Gasteiger partial charge in [-0.25, -0.2) is 8.42 Å². The number of hydrogen-bond donors (Lipinski definition) is 1. The first-order chi connectivity index (χ1) is 10.4. The minimum Gasteiger partial charge on any atom is -0.455 e. The van der Waals surface area contributed by atoms with E-state index >= 15 is 0 Å². The number of carbonyl (C=O) groups excluding carboxylic acids is 1. The van der Waals surface area contributed by atoms with Crippen molar-refractivity contribution >= 4 is 15.7 Å². The molecule has 1 fully saturated rings. The first-order valence-electron chi connectivity index (χ1n) is 7.92. The van der Waals surface area contributed by atoms with Gasteiger partial charge in [0, 0.05) is 12.8 Å². The van der Waals surface area contributed by atoms with Gasteiger partial charge in [-0.1, -0.05) is 26.2 Å². The summed E-state index contributed by atoms with van der Waals surface area (Å²) in [5.41, 5.74) is 0. The van der Waals surface area contributed by atoms with E-state index in [2.05, 4.69) is 12.2 Å². The van der Waals surface area contributed by atoms with Gasteiger partial charge in [-0.05, 0) is 36.8 Å². The zero-order valence-electron chi connectivity index (χ0n) is 13.3. The number of hydrogen-bond acceptors (Lipinski definition) is 4. The van der Waals surface area contributed by atoms with Gasteiger partial charge in [0.15, 0.2) is 15.6 Å². The lowest BCUT2D eigenvalue weighted by Gasteiger charge is -2.27.